The van der Waals surface area contributed by atoms with Crippen molar-refractivity contribution in [3.63, 3.8) is 0 Å². The van der Waals surface area contributed by atoms with Crippen LogP contribution in [-0.2, 0) is 16.4 Å². The molecule has 0 radical (unpaired) electrons. The molecule has 1 fully saturated rings. The highest BCUT2D eigenvalue weighted by Gasteiger charge is 2.36. The molecule has 32 heavy (non-hydrogen) atoms. The Morgan fingerprint density at radius 1 is 1.19 bits per heavy atom. The van der Waals surface area contributed by atoms with Crippen LogP contribution < -0.4 is 4.74 Å². The van der Waals surface area contributed by atoms with Gasteiger partial charge in [0.15, 0.2) is 21.3 Å². The van der Waals surface area contributed by atoms with Crippen molar-refractivity contribution in [1.82, 2.24) is 10.1 Å². The molecule has 1 unspecified atom stereocenters. The topological polar surface area (TPSA) is 89.7 Å². The van der Waals surface area contributed by atoms with Crippen molar-refractivity contribution < 1.29 is 26.9 Å². The van der Waals surface area contributed by atoms with E-state index in [0.717, 1.165) is 11.3 Å². The summed E-state index contributed by atoms with van der Waals surface area (Å²) in [7, 11) is -3.21. The first kappa shape index (κ1) is 22.0. The second-order valence-corrected chi connectivity index (χ2v) is 9.88. The summed E-state index contributed by atoms with van der Waals surface area (Å²) in [6.07, 6.45) is 0.346. The summed E-state index contributed by atoms with van der Waals surface area (Å²) in [6.45, 7) is 2.60. The van der Waals surface area contributed by atoms with Crippen LogP contribution in [0.4, 0.5) is 4.39 Å². The van der Waals surface area contributed by atoms with Crippen LogP contribution >= 0.6 is 0 Å². The normalized spacial score (nSPS) is 17.2. The van der Waals surface area contributed by atoms with Crippen LogP contribution in [0.25, 0.3) is 11.3 Å². The van der Waals surface area contributed by atoms with Crippen molar-refractivity contribution in [1.29, 1.82) is 0 Å². The van der Waals surface area contributed by atoms with E-state index in [-0.39, 0.29) is 29.6 Å². The summed E-state index contributed by atoms with van der Waals surface area (Å²) in [6, 6.07) is 14.0. The van der Waals surface area contributed by atoms with Crippen molar-refractivity contribution in [3.05, 3.63) is 71.7 Å². The van der Waals surface area contributed by atoms with Crippen molar-refractivity contribution in [2.45, 2.75) is 25.9 Å². The first-order valence-electron chi connectivity index (χ1n) is 10.3. The highest BCUT2D eigenvalue weighted by atomic mass is 32.2. The third kappa shape index (κ3) is 4.99. The maximum Gasteiger partial charge on any atom is 0.276 e. The quantitative estimate of drug-likeness (QED) is 0.536. The van der Waals surface area contributed by atoms with Gasteiger partial charge in [0.25, 0.3) is 5.91 Å². The fourth-order valence-electron chi connectivity index (χ4n) is 3.72. The Morgan fingerprint density at radius 2 is 1.91 bits per heavy atom. The lowest BCUT2D eigenvalue weighted by atomic mass is 10.1. The fraction of sp³-hybridized carbons (Fsp3) is 0.304. The lowest BCUT2D eigenvalue weighted by molar-refractivity contribution is 0.0670. The molecular weight excluding hydrogens is 435 g/mol. The van der Waals surface area contributed by atoms with Crippen LogP contribution in [0.1, 0.15) is 29.4 Å². The van der Waals surface area contributed by atoms with Crippen LogP contribution in [0.5, 0.6) is 5.75 Å². The molecular formula is C23H23FN2O5S. The molecule has 2 heterocycles. The number of aromatic nitrogens is 1. The van der Waals surface area contributed by atoms with E-state index in [0.29, 0.717) is 24.4 Å². The molecule has 0 aliphatic carbocycles. The number of nitrogens with zero attached hydrogens (tertiary/aromatic N) is 2. The summed E-state index contributed by atoms with van der Waals surface area (Å²) >= 11 is 0. The van der Waals surface area contributed by atoms with Gasteiger partial charge in [0, 0.05) is 24.2 Å². The van der Waals surface area contributed by atoms with Crippen LogP contribution in [0, 0.1) is 5.82 Å². The molecule has 1 saturated heterocycles. The van der Waals surface area contributed by atoms with Gasteiger partial charge in [0.05, 0.1) is 18.1 Å². The maximum absolute atomic E-state index is 13.3. The molecule has 1 atom stereocenters. The molecule has 4 rings (SSSR count). The smallest absolute Gasteiger partial charge is 0.276 e. The predicted molar refractivity (Wildman–Crippen MR) is 116 cm³/mol. The standard InChI is InChI=1S/C23H23FN2O5S/c1-2-30-20-9-5-17(6-10-20)22-13-21(25-31-22)23(27)26(19-11-12-32(28,29)15-19)14-16-3-7-18(24)8-4-16/h3-10,13,19H,2,11-12,14-15H2,1H3. The number of benzene rings is 2. The number of hydrogen-bond donors (Lipinski definition) is 0. The zero-order valence-electron chi connectivity index (χ0n) is 17.5. The zero-order chi connectivity index (χ0) is 22.7. The molecule has 0 bridgehead atoms. The highest BCUT2D eigenvalue weighted by molar-refractivity contribution is 7.91. The number of carbonyl (C=O) groups excluding carboxylic acids is 1. The van der Waals surface area contributed by atoms with Crippen LogP contribution in [0.3, 0.4) is 0 Å². The average Bonchev–Trinajstić information content (AvgIpc) is 3.40. The van der Waals surface area contributed by atoms with E-state index in [1.807, 2.05) is 6.92 Å². The van der Waals surface area contributed by atoms with Gasteiger partial charge in [0.2, 0.25) is 0 Å². The number of hydrogen-bond acceptors (Lipinski definition) is 6. The average molecular weight is 459 g/mol. The second kappa shape index (κ2) is 9.12. The van der Waals surface area contributed by atoms with Gasteiger partial charge < -0.3 is 14.2 Å². The van der Waals surface area contributed by atoms with Gasteiger partial charge in [-0.25, -0.2) is 12.8 Å². The number of ether oxygens (including phenoxy) is 1. The summed E-state index contributed by atoms with van der Waals surface area (Å²) < 4.78 is 48.2. The van der Waals surface area contributed by atoms with Gasteiger partial charge in [-0.3, -0.25) is 4.79 Å². The molecule has 2 aromatic carbocycles. The number of rotatable bonds is 7. The Bertz CT molecular complexity index is 1190. The molecule has 168 valence electrons. The van der Waals surface area contributed by atoms with Crippen LogP contribution in [0.15, 0.2) is 59.1 Å². The summed E-state index contributed by atoms with van der Waals surface area (Å²) in [4.78, 5) is 14.8. The Balaban J connectivity index is 1.58. The SMILES string of the molecule is CCOc1ccc(-c2cc(C(=O)N(Cc3ccc(F)cc3)C3CCS(=O)(=O)C3)no2)cc1. The fourth-order valence-corrected chi connectivity index (χ4v) is 5.45. The van der Waals surface area contributed by atoms with Gasteiger partial charge in [-0.1, -0.05) is 17.3 Å². The van der Waals surface area contributed by atoms with Crippen molar-refractivity contribution in [2.75, 3.05) is 18.1 Å². The molecule has 0 spiro atoms. The van der Waals surface area contributed by atoms with Gasteiger partial charge in [-0.15, -0.1) is 0 Å². The molecule has 7 nitrogen and oxygen atoms in total. The first-order valence-corrected chi connectivity index (χ1v) is 12.1. The molecule has 1 aliphatic heterocycles. The van der Waals surface area contributed by atoms with Gasteiger partial charge in [-0.05, 0) is 55.3 Å². The van der Waals surface area contributed by atoms with Crippen LogP contribution in [0.2, 0.25) is 0 Å². The second-order valence-electron chi connectivity index (χ2n) is 7.65. The van der Waals surface area contributed by atoms with E-state index in [1.54, 1.807) is 42.5 Å². The number of halogens is 1. The molecule has 0 saturated carbocycles. The van der Waals surface area contributed by atoms with Gasteiger partial charge in [-0.2, -0.15) is 0 Å². The Labute approximate surface area is 185 Å². The van der Waals surface area contributed by atoms with Crippen molar-refractivity contribution >= 4 is 15.7 Å². The molecule has 3 aromatic rings. The summed E-state index contributed by atoms with van der Waals surface area (Å²) in [5.41, 5.74) is 1.51. The Kier molecular flexibility index (Phi) is 6.27. The third-order valence-corrected chi connectivity index (χ3v) is 7.11. The summed E-state index contributed by atoms with van der Waals surface area (Å²) in [5.74, 6) is 0.242. The van der Waals surface area contributed by atoms with Crippen molar-refractivity contribution in [3.8, 4) is 17.1 Å². The number of amides is 1. The molecule has 1 amide bonds. The van der Waals surface area contributed by atoms with E-state index in [9.17, 15) is 17.6 Å². The van der Waals surface area contributed by atoms with E-state index < -0.39 is 21.8 Å². The Hall–Kier alpha value is -3.20. The maximum atomic E-state index is 13.3. The number of sulfone groups is 1. The van der Waals surface area contributed by atoms with Gasteiger partial charge >= 0.3 is 0 Å². The summed E-state index contributed by atoms with van der Waals surface area (Å²) in [5, 5.41) is 3.93. The minimum Gasteiger partial charge on any atom is -0.494 e. The predicted octanol–water partition coefficient (Wildman–Crippen LogP) is 3.71. The molecule has 9 heteroatoms. The minimum absolute atomic E-state index is 0.0289. The van der Waals surface area contributed by atoms with E-state index in [4.69, 9.17) is 9.26 Å². The largest absolute Gasteiger partial charge is 0.494 e. The van der Waals surface area contributed by atoms with Crippen molar-refractivity contribution in [2.24, 2.45) is 0 Å². The van der Waals surface area contributed by atoms with E-state index >= 15 is 0 Å². The Morgan fingerprint density at radius 3 is 2.53 bits per heavy atom. The molecule has 1 aliphatic rings. The molecule has 1 aromatic heterocycles. The highest BCUT2D eigenvalue weighted by Crippen LogP contribution is 2.26. The van der Waals surface area contributed by atoms with Crippen LogP contribution in [-0.4, -0.2) is 48.5 Å². The monoisotopic (exact) mass is 458 g/mol. The lowest BCUT2D eigenvalue weighted by Crippen LogP contribution is -2.40. The number of carbonyl (C=O) groups is 1. The minimum atomic E-state index is -3.21. The van der Waals surface area contributed by atoms with E-state index in [2.05, 4.69) is 5.16 Å². The zero-order valence-corrected chi connectivity index (χ0v) is 18.3. The van der Waals surface area contributed by atoms with Gasteiger partial charge in [0.1, 0.15) is 11.6 Å². The first-order chi connectivity index (χ1) is 15.3. The van der Waals surface area contributed by atoms with E-state index in [1.165, 1.54) is 17.0 Å². The lowest BCUT2D eigenvalue weighted by Gasteiger charge is -2.27. The third-order valence-electron chi connectivity index (χ3n) is 5.36. The molecule has 0 N–H and O–H groups in total.